The maximum atomic E-state index is 12.4. The Morgan fingerprint density at radius 1 is 0.905 bits per heavy atom. The second-order valence-electron chi connectivity index (χ2n) is 4.74. The van der Waals surface area contributed by atoms with Crippen LogP contribution in [0.5, 0.6) is 5.75 Å². The molecule has 2 aromatic rings. The van der Waals surface area contributed by atoms with Crippen LogP contribution in [0.15, 0.2) is 48.5 Å². The summed E-state index contributed by atoms with van der Waals surface area (Å²) < 4.78 is 42.8. The standard InChI is InChI=1S/C17H16F3O/c18-17(19,20)15-11-9-14(10-12-15)6-4-5-13-21-16-7-2-1-3-8-16/h2-3,7-12H,4-6,13H2. The monoisotopic (exact) mass is 293 g/mol. The van der Waals surface area contributed by atoms with Crippen LogP contribution in [0.2, 0.25) is 0 Å². The number of alkyl halides is 3. The van der Waals surface area contributed by atoms with E-state index in [1.54, 1.807) is 12.1 Å². The molecule has 0 aliphatic carbocycles. The molecule has 0 fully saturated rings. The summed E-state index contributed by atoms with van der Waals surface area (Å²) >= 11 is 0. The first-order chi connectivity index (χ1) is 10.1. The summed E-state index contributed by atoms with van der Waals surface area (Å²) in [6.45, 7) is 0.602. The summed E-state index contributed by atoms with van der Waals surface area (Å²) in [5, 5.41) is 0. The van der Waals surface area contributed by atoms with E-state index >= 15 is 0 Å². The zero-order valence-electron chi connectivity index (χ0n) is 11.5. The Balaban J connectivity index is 1.69. The predicted octanol–water partition coefficient (Wildman–Crippen LogP) is 4.91. The van der Waals surface area contributed by atoms with Crippen molar-refractivity contribution in [1.29, 1.82) is 0 Å². The summed E-state index contributed by atoms with van der Waals surface area (Å²) in [4.78, 5) is 0. The van der Waals surface area contributed by atoms with Crippen LogP contribution in [0.4, 0.5) is 13.2 Å². The lowest BCUT2D eigenvalue weighted by Gasteiger charge is -2.08. The predicted molar refractivity (Wildman–Crippen MR) is 75.2 cm³/mol. The lowest BCUT2D eigenvalue weighted by molar-refractivity contribution is -0.137. The first-order valence-corrected chi connectivity index (χ1v) is 6.81. The van der Waals surface area contributed by atoms with E-state index in [1.165, 1.54) is 12.1 Å². The molecule has 0 N–H and O–H groups in total. The maximum Gasteiger partial charge on any atom is 0.416 e. The number of halogens is 3. The number of unbranched alkanes of at least 4 members (excludes halogenated alkanes) is 1. The van der Waals surface area contributed by atoms with Crippen molar-refractivity contribution < 1.29 is 17.9 Å². The molecule has 0 aromatic heterocycles. The van der Waals surface area contributed by atoms with Crippen molar-refractivity contribution in [2.24, 2.45) is 0 Å². The summed E-state index contributed by atoms with van der Waals surface area (Å²) in [5.74, 6) is 0.809. The van der Waals surface area contributed by atoms with Crippen LogP contribution in [0, 0.1) is 6.07 Å². The summed E-state index contributed by atoms with van der Waals surface area (Å²) in [6.07, 6.45) is -1.77. The van der Waals surface area contributed by atoms with E-state index < -0.39 is 11.7 Å². The molecule has 0 bridgehead atoms. The van der Waals surface area contributed by atoms with E-state index in [0.29, 0.717) is 6.61 Å². The van der Waals surface area contributed by atoms with E-state index in [2.05, 4.69) is 6.07 Å². The number of rotatable bonds is 6. The van der Waals surface area contributed by atoms with E-state index in [-0.39, 0.29) is 0 Å². The van der Waals surface area contributed by atoms with Gasteiger partial charge in [0.15, 0.2) is 0 Å². The van der Waals surface area contributed by atoms with Crippen molar-refractivity contribution in [3.05, 3.63) is 65.7 Å². The van der Waals surface area contributed by atoms with Crippen LogP contribution >= 0.6 is 0 Å². The normalized spacial score (nSPS) is 11.4. The highest BCUT2D eigenvalue weighted by Gasteiger charge is 2.29. The van der Waals surface area contributed by atoms with E-state index in [1.807, 2.05) is 12.1 Å². The van der Waals surface area contributed by atoms with Crippen LogP contribution < -0.4 is 4.74 Å². The molecule has 21 heavy (non-hydrogen) atoms. The second-order valence-corrected chi connectivity index (χ2v) is 4.74. The number of hydrogen-bond acceptors (Lipinski definition) is 1. The molecular formula is C17H16F3O. The Labute approximate surface area is 122 Å². The largest absolute Gasteiger partial charge is 0.494 e. The van der Waals surface area contributed by atoms with Gasteiger partial charge in [0.05, 0.1) is 12.2 Å². The maximum absolute atomic E-state index is 12.4. The zero-order valence-corrected chi connectivity index (χ0v) is 11.5. The molecular weight excluding hydrogens is 277 g/mol. The highest BCUT2D eigenvalue weighted by atomic mass is 19.4. The van der Waals surface area contributed by atoms with Crippen molar-refractivity contribution in [3.63, 3.8) is 0 Å². The summed E-state index contributed by atoms with van der Waals surface area (Å²) in [5.41, 5.74) is 0.313. The molecule has 0 atom stereocenters. The first-order valence-electron chi connectivity index (χ1n) is 6.81. The fraction of sp³-hybridized carbons (Fsp3) is 0.294. The average Bonchev–Trinajstić information content (AvgIpc) is 2.47. The molecule has 111 valence electrons. The topological polar surface area (TPSA) is 9.23 Å². The third kappa shape index (κ3) is 5.14. The minimum Gasteiger partial charge on any atom is -0.494 e. The van der Waals surface area contributed by atoms with Gasteiger partial charge in [0.2, 0.25) is 0 Å². The Morgan fingerprint density at radius 3 is 2.19 bits per heavy atom. The molecule has 0 aliphatic rings. The van der Waals surface area contributed by atoms with Crippen LogP contribution in [0.1, 0.15) is 24.0 Å². The van der Waals surface area contributed by atoms with Gasteiger partial charge in [0.1, 0.15) is 5.75 Å². The van der Waals surface area contributed by atoms with Gasteiger partial charge in [-0.15, -0.1) is 0 Å². The van der Waals surface area contributed by atoms with Crippen molar-refractivity contribution in [1.82, 2.24) is 0 Å². The molecule has 0 saturated carbocycles. The molecule has 2 rings (SSSR count). The lowest BCUT2D eigenvalue weighted by Crippen LogP contribution is -2.04. The number of aryl methyl sites for hydroxylation is 1. The Morgan fingerprint density at radius 2 is 1.57 bits per heavy atom. The van der Waals surface area contributed by atoms with Gasteiger partial charge in [-0.3, -0.25) is 0 Å². The van der Waals surface area contributed by atoms with Gasteiger partial charge >= 0.3 is 6.18 Å². The first kappa shape index (κ1) is 15.4. The number of benzene rings is 2. The molecule has 1 radical (unpaired) electrons. The highest BCUT2D eigenvalue weighted by Crippen LogP contribution is 2.29. The summed E-state index contributed by atoms with van der Waals surface area (Å²) in [7, 11) is 0. The van der Waals surface area contributed by atoms with E-state index in [9.17, 15) is 13.2 Å². The minimum absolute atomic E-state index is 0.601. The molecule has 0 unspecified atom stereocenters. The Bertz CT molecular complexity index is 532. The van der Waals surface area contributed by atoms with Gasteiger partial charge in [-0.2, -0.15) is 13.2 Å². The molecule has 4 heteroatoms. The lowest BCUT2D eigenvalue weighted by atomic mass is 10.1. The van der Waals surface area contributed by atoms with Gasteiger partial charge in [0, 0.05) is 0 Å². The third-order valence-electron chi connectivity index (χ3n) is 3.10. The molecule has 0 spiro atoms. The highest BCUT2D eigenvalue weighted by molar-refractivity contribution is 5.24. The van der Waals surface area contributed by atoms with Crippen LogP contribution in [-0.4, -0.2) is 6.61 Å². The number of ether oxygens (including phenoxy) is 1. The van der Waals surface area contributed by atoms with Crippen molar-refractivity contribution >= 4 is 0 Å². The fourth-order valence-electron chi connectivity index (χ4n) is 1.95. The third-order valence-corrected chi connectivity index (χ3v) is 3.10. The summed E-state index contributed by atoms with van der Waals surface area (Å²) in [6, 6.07) is 15.5. The van der Waals surface area contributed by atoms with Crippen molar-refractivity contribution in [2.45, 2.75) is 25.4 Å². The number of hydrogen-bond donors (Lipinski definition) is 0. The molecule has 0 saturated heterocycles. The van der Waals surface area contributed by atoms with E-state index in [4.69, 9.17) is 4.74 Å². The van der Waals surface area contributed by atoms with Crippen LogP contribution in [0.3, 0.4) is 0 Å². The Kier molecular flexibility index (Phi) is 5.26. The smallest absolute Gasteiger partial charge is 0.416 e. The molecule has 2 aromatic carbocycles. The van der Waals surface area contributed by atoms with Gasteiger partial charge in [-0.1, -0.05) is 24.3 Å². The van der Waals surface area contributed by atoms with Gasteiger partial charge in [-0.25, -0.2) is 0 Å². The molecule has 1 nitrogen and oxygen atoms in total. The molecule has 0 amide bonds. The molecule has 0 heterocycles. The fourth-order valence-corrected chi connectivity index (χ4v) is 1.95. The zero-order chi connectivity index (χ0) is 15.1. The second kappa shape index (κ2) is 7.16. The van der Waals surface area contributed by atoms with Gasteiger partial charge < -0.3 is 4.74 Å². The quantitative estimate of drug-likeness (QED) is 0.688. The SMILES string of the molecule is FC(F)(F)c1ccc(CCCCOc2cc[c]cc2)cc1. The van der Waals surface area contributed by atoms with Crippen molar-refractivity contribution in [2.75, 3.05) is 6.61 Å². The van der Waals surface area contributed by atoms with E-state index in [0.717, 1.165) is 42.7 Å². The minimum atomic E-state index is -4.26. The average molecular weight is 293 g/mol. The van der Waals surface area contributed by atoms with Gasteiger partial charge in [0.25, 0.3) is 0 Å². The van der Waals surface area contributed by atoms with Crippen molar-refractivity contribution in [3.8, 4) is 5.75 Å². The Hall–Kier alpha value is -1.97. The van der Waals surface area contributed by atoms with Crippen LogP contribution in [0.25, 0.3) is 0 Å². The van der Waals surface area contributed by atoms with Crippen LogP contribution in [-0.2, 0) is 12.6 Å². The van der Waals surface area contributed by atoms with Gasteiger partial charge in [-0.05, 0) is 55.2 Å². The molecule has 0 aliphatic heterocycles.